The summed E-state index contributed by atoms with van der Waals surface area (Å²) < 4.78 is 6.02. The zero-order chi connectivity index (χ0) is 22.5. The molecule has 0 amide bonds. The first-order valence-electron chi connectivity index (χ1n) is 10.1. The number of aromatic nitrogens is 3. The topological polar surface area (TPSA) is 101 Å². The lowest BCUT2D eigenvalue weighted by molar-refractivity contribution is 0.0984. The van der Waals surface area contributed by atoms with E-state index in [9.17, 15) is 14.7 Å². The molecule has 2 aromatic heterocycles. The summed E-state index contributed by atoms with van der Waals surface area (Å²) in [5.74, 6) is -0.879. The summed E-state index contributed by atoms with van der Waals surface area (Å²) in [4.78, 5) is 32.0. The molecule has 0 aliphatic heterocycles. The Labute approximate surface area is 184 Å². The molecular weight excluding hydrogens is 408 g/mol. The Kier molecular flexibility index (Phi) is 6.12. The van der Waals surface area contributed by atoms with Gasteiger partial charge < -0.3 is 14.5 Å². The van der Waals surface area contributed by atoms with E-state index in [2.05, 4.69) is 10.1 Å². The molecule has 1 N–H and O–H groups in total. The van der Waals surface area contributed by atoms with Crippen LogP contribution in [0.4, 0.5) is 5.95 Å². The van der Waals surface area contributed by atoms with Gasteiger partial charge in [0.15, 0.2) is 11.5 Å². The number of benzene rings is 2. The van der Waals surface area contributed by atoms with Crippen molar-refractivity contribution in [3.8, 4) is 5.75 Å². The van der Waals surface area contributed by atoms with Crippen LogP contribution < -0.4 is 10.5 Å². The van der Waals surface area contributed by atoms with Crippen molar-refractivity contribution in [2.75, 3.05) is 4.90 Å². The second kappa shape index (κ2) is 9.30. The molecule has 8 nitrogen and oxygen atoms in total. The highest BCUT2D eigenvalue weighted by Gasteiger charge is 2.23. The third-order valence-corrected chi connectivity index (χ3v) is 5.07. The number of carbonyl (C=O) groups is 1. The maximum atomic E-state index is 12.8. The van der Waals surface area contributed by atoms with E-state index in [-0.39, 0.29) is 18.1 Å². The van der Waals surface area contributed by atoms with E-state index in [1.807, 2.05) is 65.6 Å². The van der Waals surface area contributed by atoms with Crippen LogP contribution >= 0.6 is 0 Å². The van der Waals surface area contributed by atoms with Crippen LogP contribution in [0.25, 0.3) is 0 Å². The number of Topliss-reactive ketones (excluding diaryl/α,β-unsaturated/α-hetero) is 1. The van der Waals surface area contributed by atoms with Crippen LogP contribution in [-0.2, 0) is 26.6 Å². The Bertz CT molecular complexity index is 1210. The highest BCUT2D eigenvalue weighted by molar-refractivity contribution is 5.98. The van der Waals surface area contributed by atoms with Gasteiger partial charge in [0, 0.05) is 32.1 Å². The minimum atomic E-state index is -0.685. The van der Waals surface area contributed by atoms with Crippen molar-refractivity contribution in [3.05, 3.63) is 106 Å². The number of aromatic hydroxyl groups is 1. The highest BCUT2D eigenvalue weighted by atomic mass is 16.5. The molecule has 0 radical (unpaired) electrons. The molecule has 0 saturated carbocycles. The lowest BCUT2D eigenvalue weighted by Gasteiger charge is -2.26. The van der Waals surface area contributed by atoms with Gasteiger partial charge in [-0.05, 0) is 11.1 Å². The highest BCUT2D eigenvalue weighted by Crippen LogP contribution is 2.21. The van der Waals surface area contributed by atoms with E-state index < -0.39 is 17.1 Å². The Morgan fingerprint density at radius 2 is 1.59 bits per heavy atom. The molecule has 0 atom stereocenters. The summed E-state index contributed by atoms with van der Waals surface area (Å²) in [5.41, 5.74) is 1.61. The van der Waals surface area contributed by atoms with Crippen LogP contribution in [0, 0.1) is 0 Å². The molecular formula is C24H22N4O4. The van der Waals surface area contributed by atoms with Gasteiger partial charge in [-0.3, -0.25) is 14.2 Å². The number of hydrogen-bond acceptors (Lipinski definition) is 7. The molecule has 2 heterocycles. The average molecular weight is 430 g/mol. The predicted molar refractivity (Wildman–Crippen MR) is 118 cm³/mol. The van der Waals surface area contributed by atoms with Gasteiger partial charge in [-0.15, -0.1) is 0 Å². The van der Waals surface area contributed by atoms with Crippen molar-refractivity contribution in [1.29, 1.82) is 0 Å². The van der Waals surface area contributed by atoms with Crippen LogP contribution in [0.1, 0.15) is 27.2 Å². The fraction of sp³-hybridized carbons (Fsp3) is 0.167. The van der Waals surface area contributed by atoms with Gasteiger partial charge in [0.25, 0.3) is 5.56 Å². The van der Waals surface area contributed by atoms with Crippen molar-refractivity contribution in [3.63, 3.8) is 0 Å². The van der Waals surface area contributed by atoms with Crippen LogP contribution in [0.15, 0.2) is 82.4 Å². The zero-order valence-electron chi connectivity index (χ0n) is 17.5. The third-order valence-electron chi connectivity index (χ3n) is 5.07. The van der Waals surface area contributed by atoms with Crippen molar-refractivity contribution in [2.24, 2.45) is 7.05 Å². The van der Waals surface area contributed by atoms with E-state index in [0.717, 1.165) is 11.1 Å². The van der Waals surface area contributed by atoms with E-state index in [4.69, 9.17) is 4.52 Å². The number of ketones is 1. The molecule has 0 aliphatic rings. The summed E-state index contributed by atoms with van der Waals surface area (Å²) >= 11 is 0. The van der Waals surface area contributed by atoms with Gasteiger partial charge >= 0.3 is 0 Å². The molecule has 8 heteroatoms. The molecule has 2 aromatic carbocycles. The Hall–Kier alpha value is -4.20. The summed E-state index contributed by atoms with van der Waals surface area (Å²) in [6.07, 6.45) is 2.66. The van der Waals surface area contributed by atoms with E-state index >= 15 is 0 Å². The van der Waals surface area contributed by atoms with Gasteiger partial charge in [0.05, 0.1) is 6.20 Å². The van der Waals surface area contributed by atoms with Crippen LogP contribution in [-0.4, -0.2) is 25.6 Å². The fourth-order valence-electron chi connectivity index (χ4n) is 3.44. The fourth-order valence-corrected chi connectivity index (χ4v) is 3.44. The van der Waals surface area contributed by atoms with Gasteiger partial charge in [0.1, 0.15) is 6.26 Å². The van der Waals surface area contributed by atoms with Crippen molar-refractivity contribution < 1.29 is 14.4 Å². The van der Waals surface area contributed by atoms with Gasteiger partial charge in [-0.25, -0.2) is 4.98 Å². The molecule has 0 aliphatic carbocycles. The van der Waals surface area contributed by atoms with Crippen LogP contribution in [0.3, 0.4) is 0 Å². The number of hydrogen-bond donors (Lipinski definition) is 1. The molecule has 0 spiro atoms. The molecule has 32 heavy (non-hydrogen) atoms. The first-order valence-corrected chi connectivity index (χ1v) is 10.1. The average Bonchev–Trinajstić information content (AvgIpc) is 3.32. The van der Waals surface area contributed by atoms with E-state index in [1.54, 1.807) is 0 Å². The second-order valence-electron chi connectivity index (χ2n) is 7.43. The number of rotatable bonds is 8. The maximum Gasteiger partial charge on any atom is 0.297 e. The molecule has 4 aromatic rings. The Morgan fingerprint density at radius 3 is 2.12 bits per heavy atom. The second-order valence-corrected chi connectivity index (χ2v) is 7.43. The SMILES string of the molecule is Cn1c(N(Cc2ccccc2)Cc2ccccc2)nc(C(=O)Cc2cnoc2)c(O)c1=O. The first kappa shape index (κ1) is 21.0. The molecule has 0 fully saturated rings. The lowest BCUT2D eigenvalue weighted by atomic mass is 10.1. The smallest absolute Gasteiger partial charge is 0.297 e. The molecule has 162 valence electrons. The van der Waals surface area contributed by atoms with Crippen LogP contribution in [0.5, 0.6) is 5.75 Å². The normalized spacial score (nSPS) is 10.8. The number of carbonyl (C=O) groups excluding carboxylic acids is 1. The number of nitrogens with zero attached hydrogens (tertiary/aromatic N) is 4. The zero-order valence-corrected chi connectivity index (χ0v) is 17.5. The minimum absolute atomic E-state index is 0.0892. The standard InChI is InChI=1S/C24H22N4O4/c1-27-23(31)22(30)21(20(29)12-19-13-25-32-16-19)26-24(27)28(14-17-8-4-2-5-9-17)15-18-10-6-3-7-11-18/h2-11,13,16,30H,12,14-15H2,1H3. The van der Waals surface area contributed by atoms with Crippen molar-refractivity contribution in [2.45, 2.75) is 19.5 Å². The summed E-state index contributed by atoms with van der Waals surface area (Å²) in [5, 5.41) is 14.0. The summed E-state index contributed by atoms with van der Waals surface area (Å²) in [7, 11) is 1.53. The van der Waals surface area contributed by atoms with E-state index in [1.165, 1.54) is 24.1 Å². The van der Waals surface area contributed by atoms with Gasteiger partial charge in [0.2, 0.25) is 11.7 Å². The largest absolute Gasteiger partial charge is 0.501 e. The van der Waals surface area contributed by atoms with Crippen molar-refractivity contribution in [1.82, 2.24) is 14.7 Å². The molecule has 0 bridgehead atoms. The lowest BCUT2D eigenvalue weighted by Crippen LogP contribution is -2.32. The molecule has 0 unspecified atom stereocenters. The number of anilines is 1. The predicted octanol–water partition coefficient (Wildman–Crippen LogP) is 3.11. The monoisotopic (exact) mass is 430 g/mol. The maximum absolute atomic E-state index is 12.8. The van der Waals surface area contributed by atoms with Gasteiger partial charge in [-0.1, -0.05) is 65.8 Å². The van der Waals surface area contributed by atoms with Crippen LogP contribution in [0.2, 0.25) is 0 Å². The quantitative estimate of drug-likeness (QED) is 0.429. The molecule has 0 saturated heterocycles. The Morgan fingerprint density at radius 1 is 1.00 bits per heavy atom. The van der Waals surface area contributed by atoms with Crippen molar-refractivity contribution >= 4 is 11.7 Å². The summed E-state index contributed by atoms with van der Waals surface area (Å²) in [6, 6.07) is 19.5. The van der Waals surface area contributed by atoms with Gasteiger partial charge in [-0.2, -0.15) is 0 Å². The van der Waals surface area contributed by atoms with E-state index in [0.29, 0.717) is 18.7 Å². The summed E-state index contributed by atoms with van der Waals surface area (Å²) in [6.45, 7) is 0.917. The Balaban J connectivity index is 1.76. The third kappa shape index (κ3) is 4.59. The first-order chi connectivity index (χ1) is 15.5. The molecule has 4 rings (SSSR count). The minimum Gasteiger partial charge on any atom is -0.501 e.